The van der Waals surface area contributed by atoms with Crippen molar-refractivity contribution in [1.82, 2.24) is 0 Å². The van der Waals surface area contributed by atoms with Crippen LogP contribution >= 0.6 is 0 Å². The molecule has 1 aromatic rings. The van der Waals surface area contributed by atoms with Crippen LogP contribution in [0.5, 0.6) is 0 Å². The van der Waals surface area contributed by atoms with Crippen LogP contribution in [-0.4, -0.2) is 26.7 Å². The van der Waals surface area contributed by atoms with Crippen molar-refractivity contribution < 1.29 is 9.53 Å². The molecule has 5 heteroatoms. The van der Waals surface area contributed by atoms with Crippen molar-refractivity contribution in [3.8, 4) is 6.07 Å². The van der Waals surface area contributed by atoms with Crippen LogP contribution in [0.4, 0.5) is 11.4 Å². The number of benzene rings is 1. The van der Waals surface area contributed by atoms with Crippen LogP contribution in [0.25, 0.3) is 0 Å². The zero-order chi connectivity index (χ0) is 12.8. The quantitative estimate of drug-likeness (QED) is 0.628. The van der Waals surface area contributed by atoms with E-state index < -0.39 is 5.97 Å². The van der Waals surface area contributed by atoms with Crippen molar-refractivity contribution >= 4 is 17.3 Å². The number of nitrogens with zero attached hydrogens (tertiary/aromatic N) is 2. The Morgan fingerprint density at radius 1 is 1.59 bits per heavy atom. The lowest BCUT2D eigenvalue weighted by Gasteiger charge is -2.20. The molecule has 5 nitrogen and oxygen atoms in total. The monoisotopic (exact) mass is 233 g/mol. The standard InChI is InChI=1S/C12H15N3O2/c1-15(7-3-6-13)11-5-4-9(8-10(11)14)12(16)17-2/h4-5,8H,3,7,14H2,1-2H3. The summed E-state index contributed by atoms with van der Waals surface area (Å²) in [6, 6.07) is 7.05. The molecule has 2 N–H and O–H groups in total. The first-order valence-electron chi connectivity index (χ1n) is 5.16. The summed E-state index contributed by atoms with van der Waals surface area (Å²) in [6.45, 7) is 0.596. The molecule has 0 unspecified atom stereocenters. The molecule has 0 amide bonds. The fourth-order valence-electron chi connectivity index (χ4n) is 1.49. The maximum absolute atomic E-state index is 11.3. The highest BCUT2D eigenvalue weighted by Gasteiger charge is 2.10. The predicted molar refractivity (Wildman–Crippen MR) is 65.7 cm³/mol. The van der Waals surface area contributed by atoms with Gasteiger partial charge in [-0.2, -0.15) is 5.26 Å². The Labute approximate surface area is 100 Å². The zero-order valence-corrected chi connectivity index (χ0v) is 9.93. The summed E-state index contributed by atoms with van der Waals surface area (Å²) in [5.74, 6) is -0.414. The Kier molecular flexibility index (Phi) is 4.35. The molecule has 0 heterocycles. The molecule has 0 aliphatic rings. The van der Waals surface area contributed by atoms with Gasteiger partial charge < -0.3 is 15.4 Å². The number of esters is 1. The average Bonchev–Trinajstić information content (AvgIpc) is 2.34. The molecule has 1 aromatic carbocycles. The number of hydrogen-bond donors (Lipinski definition) is 1. The molecule has 0 aliphatic carbocycles. The topological polar surface area (TPSA) is 79.3 Å². The first kappa shape index (κ1) is 12.8. The SMILES string of the molecule is COC(=O)c1ccc(N(C)CCC#N)c(N)c1. The molecule has 0 bridgehead atoms. The van der Waals surface area contributed by atoms with Gasteiger partial charge in [-0.25, -0.2) is 4.79 Å². The molecule has 17 heavy (non-hydrogen) atoms. The van der Waals surface area contributed by atoms with E-state index in [0.717, 1.165) is 5.69 Å². The van der Waals surface area contributed by atoms with Crippen molar-refractivity contribution in [2.75, 3.05) is 31.3 Å². The summed E-state index contributed by atoms with van der Waals surface area (Å²) >= 11 is 0. The Balaban J connectivity index is 2.90. The van der Waals surface area contributed by atoms with E-state index in [2.05, 4.69) is 10.8 Å². The second-order valence-electron chi connectivity index (χ2n) is 3.59. The number of nitrogens with two attached hydrogens (primary N) is 1. The fourth-order valence-corrected chi connectivity index (χ4v) is 1.49. The highest BCUT2D eigenvalue weighted by atomic mass is 16.5. The first-order valence-corrected chi connectivity index (χ1v) is 5.16. The van der Waals surface area contributed by atoms with Crippen molar-refractivity contribution in [2.45, 2.75) is 6.42 Å². The number of carbonyl (C=O) groups excluding carboxylic acids is 1. The second kappa shape index (κ2) is 5.75. The fraction of sp³-hybridized carbons (Fsp3) is 0.333. The van der Waals surface area contributed by atoms with Gasteiger partial charge in [0.2, 0.25) is 0 Å². The number of carbonyl (C=O) groups is 1. The lowest BCUT2D eigenvalue weighted by molar-refractivity contribution is 0.0601. The van der Waals surface area contributed by atoms with Crippen molar-refractivity contribution in [3.63, 3.8) is 0 Å². The molecular formula is C12H15N3O2. The third kappa shape index (κ3) is 3.11. The highest BCUT2D eigenvalue weighted by Crippen LogP contribution is 2.23. The minimum Gasteiger partial charge on any atom is -0.465 e. The van der Waals surface area contributed by atoms with Gasteiger partial charge in [-0.15, -0.1) is 0 Å². The van der Waals surface area contributed by atoms with Crippen LogP contribution in [0.1, 0.15) is 16.8 Å². The van der Waals surface area contributed by atoms with Crippen LogP contribution in [0.3, 0.4) is 0 Å². The largest absolute Gasteiger partial charge is 0.465 e. The molecule has 0 atom stereocenters. The lowest BCUT2D eigenvalue weighted by atomic mass is 10.1. The third-order valence-electron chi connectivity index (χ3n) is 2.42. The maximum atomic E-state index is 11.3. The summed E-state index contributed by atoms with van der Waals surface area (Å²) in [6.07, 6.45) is 0.425. The van der Waals surface area contributed by atoms with E-state index in [1.807, 2.05) is 11.9 Å². The minimum absolute atomic E-state index is 0.414. The Morgan fingerprint density at radius 3 is 2.82 bits per heavy atom. The summed E-state index contributed by atoms with van der Waals surface area (Å²) in [5, 5.41) is 8.51. The number of nitriles is 1. The van der Waals surface area contributed by atoms with E-state index in [-0.39, 0.29) is 0 Å². The van der Waals surface area contributed by atoms with Crippen LogP contribution in [-0.2, 0) is 4.74 Å². The smallest absolute Gasteiger partial charge is 0.337 e. The van der Waals surface area contributed by atoms with E-state index in [4.69, 9.17) is 11.0 Å². The normalized spacial score (nSPS) is 9.47. The zero-order valence-electron chi connectivity index (χ0n) is 9.93. The maximum Gasteiger partial charge on any atom is 0.337 e. The first-order chi connectivity index (χ1) is 8.10. The van der Waals surface area contributed by atoms with Crippen LogP contribution in [0, 0.1) is 11.3 Å². The lowest BCUT2D eigenvalue weighted by Crippen LogP contribution is -2.19. The van der Waals surface area contributed by atoms with Crippen LogP contribution in [0.15, 0.2) is 18.2 Å². The average molecular weight is 233 g/mol. The number of ether oxygens (including phenoxy) is 1. The van der Waals surface area contributed by atoms with E-state index in [9.17, 15) is 4.79 Å². The number of hydrogen-bond acceptors (Lipinski definition) is 5. The Hall–Kier alpha value is -2.22. The molecule has 90 valence electrons. The van der Waals surface area contributed by atoms with Gasteiger partial charge in [0, 0.05) is 13.6 Å². The van der Waals surface area contributed by atoms with Gasteiger partial charge in [0.25, 0.3) is 0 Å². The number of methoxy groups -OCH3 is 1. The van der Waals surface area contributed by atoms with E-state index >= 15 is 0 Å². The van der Waals surface area contributed by atoms with Crippen molar-refractivity contribution in [2.24, 2.45) is 0 Å². The molecule has 0 fully saturated rings. The van der Waals surface area contributed by atoms with Crippen molar-refractivity contribution in [3.05, 3.63) is 23.8 Å². The van der Waals surface area contributed by atoms with Gasteiger partial charge in [0.1, 0.15) is 0 Å². The molecule has 0 radical (unpaired) electrons. The van der Waals surface area contributed by atoms with Gasteiger partial charge in [-0.1, -0.05) is 0 Å². The molecule has 0 saturated carbocycles. The molecule has 0 spiro atoms. The molecule has 1 rings (SSSR count). The molecule has 0 aliphatic heterocycles. The molecule has 0 aromatic heterocycles. The Morgan fingerprint density at radius 2 is 2.29 bits per heavy atom. The molecular weight excluding hydrogens is 218 g/mol. The van der Waals surface area contributed by atoms with Gasteiger partial charge in [0.15, 0.2) is 0 Å². The van der Waals surface area contributed by atoms with E-state index in [1.165, 1.54) is 7.11 Å². The number of anilines is 2. The molecule has 0 saturated heterocycles. The number of nitrogen functional groups attached to an aromatic ring is 1. The van der Waals surface area contributed by atoms with Gasteiger partial charge in [-0.05, 0) is 18.2 Å². The van der Waals surface area contributed by atoms with Gasteiger partial charge in [-0.3, -0.25) is 0 Å². The summed E-state index contributed by atoms with van der Waals surface area (Å²) < 4.78 is 4.61. The number of rotatable bonds is 4. The van der Waals surface area contributed by atoms with E-state index in [1.54, 1.807) is 18.2 Å². The Bertz CT molecular complexity index is 452. The van der Waals surface area contributed by atoms with E-state index in [0.29, 0.717) is 24.2 Å². The minimum atomic E-state index is -0.414. The predicted octanol–water partition coefficient (Wildman–Crippen LogP) is 1.41. The van der Waals surface area contributed by atoms with Gasteiger partial charge >= 0.3 is 5.97 Å². The summed E-state index contributed by atoms with van der Waals surface area (Å²) in [5.41, 5.74) is 7.57. The second-order valence-corrected chi connectivity index (χ2v) is 3.59. The van der Waals surface area contributed by atoms with Crippen LogP contribution in [0.2, 0.25) is 0 Å². The van der Waals surface area contributed by atoms with Crippen LogP contribution < -0.4 is 10.6 Å². The van der Waals surface area contributed by atoms with Gasteiger partial charge in [0.05, 0.1) is 36.5 Å². The highest BCUT2D eigenvalue weighted by molar-refractivity contribution is 5.91. The summed E-state index contributed by atoms with van der Waals surface area (Å²) in [7, 11) is 3.17. The third-order valence-corrected chi connectivity index (χ3v) is 2.42. The van der Waals surface area contributed by atoms with Crippen molar-refractivity contribution in [1.29, 1.82) is 5.26 Å². The summed E-state index contributed by atoms with van der Waals surface area (Å²) in [4.78, 5) is 13.2.